The number of H-pyrrole nitrogens is 1. The fraction of sp³-hybridized carbons (Fsp3) is 0.400. The molecule has 1 heterocycles. The van der Waals surface area contributed by atoms with E-state index in [-0.39, 0.29) is 6.04 Å². The molecule has 0 spiro atoms. The zero-order chi connectivity index (χ0) is 13.7. The number of aromatic amines is 1. The van der Waals surface area contributed by atoms with Gasteiger partial charge in [0.25, 0.3) is 0 Å². The fourth-order valence-corrected chi connectivity index (χ4v) is 2.21. The van der Waals surface area contributed by atoms with E-state index in [1.165, 1.54) is 5.56 Å². The highest BCUT2D eigenvalue weighted by Gasteiger charge is 2.14. The van der Waals surface area contributed by atoms with Gasteiger partial charge < -0.3 is 15.0 Å². The molecule has 0 aliphatic heterocycles. The Hall–Kier alpha value is -1.81. The molecule has 0 fully saturated rings. The summed E-state index contributed by atoms with van der Waals surface area (Å²) in [5, 5.41) is 3.49. The lowest BCUT2D eigenvalue weighted by molar-refractivity contribution is 0.409. The average Bonchev–Trinajstić information content (AvgIpc) is 2.92. The van der Waals surface area contributed by atoms with Crippen LogP contribution in [0.1, 0.15) is 29.9 Å². The van der Waals surface area contributed by atoms with Gasteiger partial charge in [0, 0.05) is 24.9 Å². The highest BCUT2D eigenvalue weighted by atomic mass is 16.5. The summed E-state index contributed by atoms with van der Waals surface area (Å²) in [7, 11) is 1.71. The minimum atomic E-state index is 0.241. The molecular weight excluding hydrogens is 238 g/mol. The molecule has 2 rings (SSSR count). The van der Waals surface area contributed by atoms with Crippen molar-refractivity contribution in [1.82, 2.24) is 15.3 Å². The van der Waals surface area contributed by atoms with Crippen LogP contribution < -0.4 is 10.1 Å². The molecule has 0 saturated heterocycles. The molecule has 2 aromatic rings. The molecule has 0 radical (unpaired) electrons. The molecule has 0 amide bonds. The van der Waals surface area contributed by atoms with E-state index >= 15 is 0 Å². The molecule has 1 unspecified atom stereocenters. The van der Waals surface area contributed by atoms with Gasteiger partial charge in [-0.15, -0.1) is 0 Å². The van der Waals surface area contributed by atoms with Crippen molar-refractivity contribution in [3.05, 3.63) is 47.5 Å². The predicted molar refractivity (Wildman–Crippen MR) is 76.4 cm³/mol. The van der Waals surface area contributed by atoms with Gasteiger partial charge in [0.2, 0.25) is 0 Å². The molecule has 19 heavy (non-hydrogen) atoms. The first-order chi connectivity index (χ1) is 9.24. The third-order valence-electron chi connectivity index (χ3n) is 3.24. The van der Waals surface area contributed by atoms with E-state index in [9.17, 15) is 0 Å². The monoisotopic (exact) mass is 259 g/mol. The van der Waals surface area contributed by atoms with Crippen LogP contribution in [-0.2, 0) is 6.42 Å². The number of benzene rings is 1. The minimum Gasteiger partial charge on any atom is -0.496 e. The summed E-state index contributed by atoms with van der Waals surface area (Å²) < 4.78 is 5.40. The number of aromatic nitrogens is 2. The molecule has 102 valence electrons. The van der Waals surface area contributed by atoms with Crippen LogP contribution in [0.2, 0.25) is 0 Å². The Morgan fingerprint density at radius 1 is 1.42 bits per heavy atom. The van der Waals surface area contributed by atoms with E-state index < -0.39 is 0 Å². The lowest BCUT2D eigenvalue weighted by Crippen LogP contribution is -2.23. The minimum absolute atomic E-state index is 0.241. The summed E-state index contributed by atoms with van der Waals surface area (Å²) in [4.78, 5) is 7.45. The number of hydrogen-bond donors (Lipinski definition) is 2. The summed E-state index contributed by atoms with van der Waals surface area (Å²) in [6.07, 6.45) is 4.48. The van der Waals surface area contributed by atoms with Gasteiger partial charge in [-0.05, 0) is 30.7 Å². The number of nitrogens with zero attached hydrogens (tertiary/aromatic N) is 1. The number of likely N-dealkylation sites (N-methyl/N-ethyl adjacent to an activating group) is 1. The van der Waals surface area contributed by atoms with Crippen molar-refractivity contribution >= 4 is 0 Å². The van der Waals surface area contributed by atoms with Crippen LogP contribution in [0.3, 0.4) is 0 Å². The first-order valence-corrected chi connectivity index (χ1v) is 6.60. The maximum atomic E-state index is 5.40. The van der Waals surface area contributed by atoms with Crippen LogP contribution in [-0.4, -0.2) is 23.6 Å². The first-order valence-electron chi connectivity index (χ1n) is 6.60. The Balaban J connectivity index is 2.22. The van der Waals surface area contributed by atoms with Crippen LogP contribution in [0.15, 0.2) is 30.6 Å². The summed E-state index contributed by atoms with van der Waals surface area (Å²) in [6, 6.07) is 6.59. The number of methoxy groups -OCH3 is 1. The third kappa shape index (κ3) is 3.35. The van der Waals surface area contributed by atoms with Gasteiger partial charge in [-0.1, -0.05) is 19.1 Å². The van der Waals surface area contributed by atoms with Crippen molar-refractivity contribution < 1.29 is 4.74 Å². The molecule has 0 aliphatic rings. The molecule has 4 heteroatoms. The Labute approximate surface area is 114 Å². The van der Waals surface area contributed by atoms with Gasteiger partial charge in [-0.25, -0.2) is 4.98 Å². The second kappa shape index (κ2) is 6.38. The topological polar surface area (TPSA) is 49.9 Å². The Morgan fingerprint density at radius 3 is 2.89 bits per heavy atom. The normalized spacial score (nSPS) is 12.4. The molecule has 4 nitrogen and oxygen atoms in total. The maximum Gasteiger partial charge on any atom is 0.122 e. The SMILES string of the molecule is CCNC(Cc1ncc[nH]1)c1ccc(C)c(OC)c1. The average molecular weight is 259 g/mol. The quantitative estimate of drug-likeness (QED) is 0.838. The van der Waals surface area contributed by atoms with E-state index in [2.05, 4.69) is 47.3 Å². The Bertz CT molecular complexity index is 508. The first kappa shape index (κ1) is 13.6. The van der Waals surface area contributed by atoms with E-state index in [0.717, 1.165) is 30.1 Å². The van der Waals surface area contributed by atoms with Crippen LogP contribution >= 0.6 is 0 Å². The zero-order valence-electron chi connectivity index (χ0n) is 11.7. The summed E-state index contributed by atoms with van der Waals surface area (Å²) >= 11 is 0. The molecule has 0 bridgehead atoms. The van der Waals surface area contributed by atoms with Gasteiger partial charge in [-0.2, -0.15) is 0 Å². The summed E-state index contributed by atoms with van der Waals surface area (Å²) in [5.41, 5.74) is 2.38. The summed E-state index contributed by atoms with van der Waals surface area (Å²) in [5.74, 6) is 1.92. The molecule has 1 aromatic heterocycles. The van der Waals surface area contributed by atoms with Gasteiger partial charge in [-0.3, -0.25) is 0 Å². The largest absolute Gasteiger partial charge is 0.496 e. The predicted octanol–water partition coefficient (Wildman–Crippen LogP) is 2.62. The lowest BCUT2D eigenvalue weighted by atomic mass is 10.0. The number of ether oxygens (including phenoxy) is 1. The second-order valence-corrected chi connectivity index (χ2v) is 4.58. The smallest absolute Gasteiger partial charge is 0.122 e. The van der Waals surface area contributed by atoms with E-state index in [0.29, 0.717) is 0 Å². The number of aryl methyl sites for hydroxylation is 1. The van der Waals surface area contributed by atoms with Crippen LogP contribution in [0.4, 0.5) is 0 Å². The van der Waals surface area contributed by atoms with Gasteiger partial charge >= 0.3 is 0 Å². The van der Waals surface area contributed by atoms with Gasteiger partial charge in [0.05, 0.1) is 7.11 Å². The second-order valence-electron chi connectivity index (χ2n) is 4.58. The van der Waals surface area contributed by atoms with Gasteiger partial charge in [0.1, 0.15) is 11.6 Å². The maximum absolute atomic E-state index is 5.40. The van der Waals surface area contributed by atoms with Crippen LogP contribution in [0, 0.1) is 6.92 Å². The van der Waals surface area contributed by atoms with Crippen molar-refractivity contribution in [2.24, 2.45) is 0 Å². The fourth-order valence-electron chi connectivity index (χ4n) is 2.21. The van der Waals surface area contributed by atoms with E-state index in [1.807, 2.05) is 6.20 Å². The Morgan fingerprint density at radius 2 is 2.26 bits per heavy atom. The van der Waals surface area contributed by atoms with Crippen LogP contribution in [0.5, 0.6) is 5.75 Å². The highest BCUT2D eigenvalue weighted by Crippen LogP contribution is 2.24. The molecule has 0 aliphatic carbocycles. The molecule has 2 N–H and O–H groups in total. The third-order valence-corrected chi connectivity index (χ3v) is 3.24. The molecule has 0 saturated carbocycles. The van der Waals surface area contributed by atoms with Gasteiger partial charge in [0.15, 0.2) is 0 Å². The van der Waals surface area contributed by atoms with E-state index in [4.69, 9.17) is 4.74 Å². The highest BCUT2D eigenvalue weighted by molar-refractivity contribution is 5.38. The van der Waals surface area contributed by atoms with Crippen molar-refractivity contribution in [2.75, 3.05) is 13.7 Å². The van der Waals surface area contributed by atoms with Crippen molar-refractivity contribution in [3.63, 3.8) is 0 Å². The number of rotatable bonds is 6. The van der Waals surface area contributed by atoms with E-state index in [1.54, 1.807) is 13.3 Å². The van der Waals surface area contributed by atoms with Crippen molar-refractivity contribution in [2.45, 2.75) is 26.3 Å². The number of imidazole rings is 1. The van der Waals surface area contributed by atoms with Crippen LogP contribution in [0.25, 0.3) is 0 Å². The standard InChI is InChI=1S/C15H21N3O/c1-4-16-13(10-15-17-7-8-18-15)12-6-5-11(2)14(9-12)19-3/h5-9,13,16H,4,10H2,1-3H3,(H,17,18). The van der Waals surface area contributed by atoms with Crippen molar-refractivity contribution in [1.29, 1.82) is 0 Å². The Kier molecular flexibility index (Phi) is 4.58. The molecular formula is C15H21N3O. The summed E-state index contributed by atoms with van der Waals surface area (Å²) in [6.45, 7) is 5.08. The molecule has 1 aromatic carbocycles. The lowest BCUT2D eigenvalue weighted by Gasteiger charge is -2.18. The number of hydrogen-bond acceptors (Lipinski definition) is 3. The molecule has 1 atom stereocenters. The van der Waals surface area contributed by atoms with Crippen molar-refractivity contribution in [3.8, 4) is 5.75 Å². The zero-order valence-corrected chi connectivity index (χ0v) is 11.7. The number of nitrogens with one attached hydrogen (secondary N) is 2.